The van der Waals surface area contributed by atoms with E-state index in [1.54, 1.807) is 0 Å². The molecular weight excluding hydrogens is 388 g/mol. The molecule has 0 aliphatic rings. The third-order valence-corrected chi connectivity index (χ3v) is 4.97. The molecule has 0 saturated heterocycles. The van der Waals surface area contributed by atoms with Crippen molar-refractivity contribution in [2.75, 3.05) is 7.11 Å². The minimum Gasteiger partial charge on any atom is -0.483 e. The summed E-state index contributed by atoms with van der Waals surface area (Å²) in [4.78, 5) is 26.8. The van der Waals surface area contributed by atoms with Crippen molar-refractivity contribution in [3.05, 3.63) is 57.2 Å². The lowest BCUT2D eigenvalue weighted by Crippen LogP contribution is -2.06. The zero-order chi connectivity index (χ0) is 18.8. The molecule has 0 spiro atoms. The van der Waals surface area contributed by atoms with Crippen LogP contribution in [0.3, 0.4) is 0 Å². The number of esters is 1. The molecule has 0 atom stereocenters. The smallest absolute Gasteiger partial charge is 0.348 e. The maximum Gasteiger partial charge on any atom is 0.348 e. The molecule has 0 amide bonds. The predicted molar refractivity (Wildman–Crippen MR) is 92.0 cm³/mol. The van der Waals surface area contributed by atoms with Crippen LogP contribution in [0.4, 0.5) is 8.78 Å². The van der Waals surface area contributed by atoms with Crippen LogP contribution in [0.2, 0.25) is 5.02 Å². The van der Waals surface area contributed by atoms with Gasteiger partial charge >= 0.3 is 5.97 Å². The van der Waals surface area contributed by atoms with E-state index in [-0.39, 0.29) is 22.1 Å². The van der Waals surface area contributed by atoms with E-state index in [2.05, 4.69) is 4.98 Å². The monoisotopic (exact) mass is 397 g/mol. The molecule has 26 heavy (non-hydrogen) atoms. The van der Waals surface area contributed by atoms with Crippen LogP contribution in [-0.2, 0) is 11.3 Å². The summed E-state index contributed by atoms with van der Waals surface area (Å²) >= 11 is 7.24. The SMILES string of the molecule is COC(=O)c1sc2cncc(Cl)c2c1COc1c(F)cc(C=O)cc1F. The number of aromatic nitrogens is 1. The number of hydrogen-bond donors (Lipinski definition) is 0. The van der Waals surface area contributed by atoms with Crippen LogP contribution in [0.5, 0.6) is 5.75 Å². The van der Waals surface area contributed by atoms with Crippen LogP contribution in [0, 0.1) is 11.6 Å². The maximum atomic E-state index is 14.0. The molecule has 2 heterocycles. The molecule has 0 aliphatic heterocycles. The van der Waals surface area contributed by atoms with E-state index in [1.807, 2.05) is 0 Å². The average molecular weight is 398 g/mol. The molecule has 2 aromatic heterocycles. The molecule has 5 nitrogen and oxygen atoms in total. The predicted octanol–water partition coefficient (Wildman–Crippen LogP) is 4.41. The number of hydrogen-bond acceptors (Lipinski definition) is 6. The van der Waals surface area contributed by atoms with Crippen LogP contribution < -0.4 is 4.74 Å². The summed E-state index contributed by atoms with van der Waals surface area (Å²) in [7, 11) is 1.22. The Kier molecular flexibility index (Phi) is 5.15. The van der Waals surface area contributed by atoms with E-state index in [0.717, 1.165) is 23.5 Å². The quantitative estimate of drug-likeness (QED) is 0.471. The van der Waals surface area contributed by atoms with Crippen LogP contribution in [-0.4, -0.2) is 24.3 Å². The molecule has 0 bridgehead atoms. The highest BCUT2D eigenvalue weighted by Crippen LogP contribution is 2.37. The van der Waals surface area contributed by atoms with Gasteiger partial charge in [-0.25, -0.2) is 13.6 Å². The fraction of sp³-hybridized carbons (Fsp3) is 0.118. The van der Waals surface area contributed by atoms with E-state index < -0.39 is 23.4 Å². The van der Waals surface area contributed by atoms with Gasteiger partial charge in [-0.3, -0.25) is 9.78 Å². The lowest BCUT2D eigenvalue weighted by atomic mass is 10.1. The molecule has 9 heteroatoms. The summed E-state index contributed by atoms with van der Waals surface area (Å²) < 4.78 is 38.6. The molecule has 3 rings (SSSR count). The largest absolute Gasteiger partial charge is 0.483 e. The molecule has 0 N–H and O–H groups in total. The van der Waals surface area contributed by atoms with Gasteiger partial charge in [0.25, 0.3) is 0 Å². The summed E-state index contributed by atoms with van der Waals surface area (Å²) in [6.07, 6.45) is 3.23. The molecule has 0 unspecified atom stereocenters. The summed E-state index contributed by atoms with van der Waals surface area (Å²) in [5.74, 6) is -3.34. The van der Waals surface area contributed by atoms with E-state index in [4.69, 9.17) is 21.1 Å². The molecule has 3 aromatic rings. The number of ether oxygens (including phenoxy) is 2. The molecule has 0 radical (unpaired) electrons. The highest BCUT2D eigenvalue weighted by atomic mass is 35.5. The Hall–Kier alpha value is -2.58. The van der Waals surface area contributed by atoms with Crippen molar-refractivity contribution in [1.82, 2.24) is 4.98 Å². The molecule has 1 aromatic carbocycles. The number of thiophene rings is 1. The van der Waals surface area contributed by atoms with Crippen LogP contribution in [0.1, 0.15) is 25.6 Å². The van der Waals surface area contributed by atoms with Crippen molar-refractivity contribution in [3.8, 4) is 5.75 Å². The Balaban J connectivity index is 2.04. The van der Waals surface area contributed by atoms with Gasteiger partial charge in [-0.2, -0.15) is 0 Å². The van der Waals surface area contributed by atoms with Gasteiger partial charge in [0, 0.05) is 28.9 Å². The third-order valence-electron chi connectivity index (χ3n) is 3.54. The van der Waals surface area contributed by atoms with Crippen molar-refractivity contribution in [2.45, 2.75) is 6.61 Å². The number of benzene rings is 1. The van der Waals surface area contributed by atoms with Gasteiger partial charge in [-0.15, -0.1) is 11.3 Å². The lowest BCUT2D eigenvalue weighted by molar-refractivity contribution is 0.0603. The molecule has 0 fully saturated rings. The number of aldehydes is 1. The Morgan fingerprint density at radius 1 is 1.31 bits per heavy atom. The first-order valence-corrected chi connectivity index (χ1v) is 8.36. The molecule has 0 saturated carbocycles. The van der Waals surface area contributed by atoms with E-state index in [1.165, 1.54) is 19.5 Å². The van der Waals surface area contributed by atoms with Gasteiger partial charge in [0.15, 0.2) is 17.4 Å². The summed E-state index contributed by atoms with van der Waals surface area (Å²) in [5, 5.41) is 0.766. The number of nitrogens with zero attached hydrogens (tertiary/aromatic N) is 1. The van der Waals surface area contributed by atoms with Gasteiger partial charge in [-0.1, -0.05) is 11.6 Å². The van der Waals surface area contributed by atoms with Crippen LogP contribution in [0.25, 0.3) is 10.1 Å². The number of rotatable bonds is 5. The van der Waals surface area contributed by atoms with Gasteiger partial charge in [-0.05, 0) is 12.1 Å². The van der Waals surface area contributed by atoms with Gasteiger partial charge < -0.3 is 9.47 Å². The van der Waals surface area contributed by atoms with Crippen LogP contribution in [0.15, 0.2) is 24.5 Å². The van der Waals surface area contributed by atoms with Gasteiger partial charge in [0.2, 0.25) is 0 Å². The maximum absolute atomic E-state index is 14.0. The Morgan fingerprint density at radius 3 is 2.62 bits per heavy atom. The first-order valence-electron chi connectivity index (χ1n) is 7.16. The average Bonchev–Trinajstić information content (AvgIpc) is 3.00. The molecule has 0 aliphatic carbocycles. The minimum absolute atomic E-state index is 0.155. The summed E-state index contributed by atoms with van der Waals surface area (Å²) in [5.41, 5.74) is 0.181. The zero-order valence-electron chi connectivity index (χ0n) is 13.2. The number of methoxy groups -OCH3 is 1. The first-order chi connectivity index (χ1) is 12.5. The second kappa shape index (κ2) is 7.35. The standard InChI is InChI=1S/C17H10ClF2NO4S/c1-24-17(23)16-9(14-10(18)4-21-5-13(14)26-16)7-25-15-11(19)2-8(6-22)3-12(15)20/h2-6H,7H2,1H3. The normalized spacial score (nSPS) is 10.8. The molecular formula is C17H10ClF2NO4S. The van der Waals surface area contributed by atoms with Crippen molar-refractivity contribution >= 4 is 45.3 Å². The summed E-state index contributed by atoms with van der Waals surface area (Å²) in [6, 6.07) is 1.71. The second-order valence-electron chi connectivity index (χ2n) is 5.12. The number of carbonyl (C=O) groups excluding carboxylic acids is 2. The number of halogens is 3. The highest BCUT2D eigenvalue weighted by Gasteiger charge is 2.23. The Bertz CT molecular complexity index is 998. The topological polar surface area (TPSA) is 65.5 Å². The van der Waals surface area contributed by atoms with Gasteiger partial charge in [0.05, 0.1) is 16.8 Å². The van der Waals surface area contributed by atoms with Gasteiger partial charge in [0.1, 0.15) is 17.8 Å². The van der Waals surface area contributed by atoms with E-state index >= 15 is 0 Å². The second-order valence-corrected chi connectivity index (χ2v) is 6.58. The molecule has 134 valence electrons. The van der Waals surface area contributed by atoms with Crippen molar-refractivity contribution < 1.29 is 27.8 Å². The van der Waals surface area contributed by atoms with Crippen molar-refractivity contribution in [3.63, 3.8) is 0 Å². The fourth-order valence-electron chi connectivity index (χ4n) is 2.40. The third kappa shape index (κ3) is 3.25. The van der Waals surface area contributed by atoms with E-state index in [9.17, 15) is 18.4 Å². The van der Waals surface area contributed by atoms with Crippen molar-refractivity contribution in [1.29, 1.82) is 0 Å². The minimum atomic E-state index is -1.03. The van der Waals surface area contributed by atoms with Crippen LogP contribution >= 0.6 is 22.9 Å². The Labute approximate surface area is 155 Å². The number of carbonyl (C=O) groups is 2. The van der Waals surface area contributed by atoms with E-state index in [0.29, 0.717) is 21.9 Å². The Morgan fingerprint density at radius 2 is 2.00 bits per heavy atom. The lowest BCUT2D eigenvalue weighted by Gasteiger charge is -2.10. The van der Waals surface area contributed by atoms with Crippen molar-refractivity contribution in [2.24, 2.45) is 0 Å². The zero-order valence-corrected chi connectivity index (χ0v) is 14.8. The summed E-state index contributed by atoms with van der Waals surface area (Å²) in [6.45, 7) is -0.331. The highest BCUT2D eigenvalue weighted by molar-refractivity contribution is 7.21. The number of fused-ring (bicyclic) bond motifs is 1. The fourth-order valence-corrected chi connectivity index (χ4v) is 3.85. The first kappa shape index (κ1) is 18.2. The number of pyridine rings is 1.